The Morgan fingerprint density at radius 1 is 1.00 bits per heavy atom. The fourth-order valence-electron chi connectivity index (χ4n) is 3.34. The van der Waals surface area contributed by atoms with Crippen molar-refractivity contribution in [2.75, 3.05) is 10.6 Å². The van der Waals surface area contributed by atoms with E-state index in [0.717, 1.165) is 24.7 Å². The minimum atomic E-state index is -3.61. The van der Waals surface area contributed by atoms with Crippen LogP contribution in [-0.4, -0.2) is 26.6 Å². The normalized spacial score (nSPS) is 12.4. The molecule has 6 heteroatoms. The Kier molecular flexibility index (Phi) is 7.63. The highest BCUT2D eigenvalue weighted by Crippen LogP contribution is 2.22. The highest BCUT2D eigenvalue weighted by atomic mass is 32.2. The predicted octanol–water partition coefficient (Wildman–Crippen LogP) is 3.67. The zero-order chi connectivity index (χ0) is 20.7. The van der Waals surface area contributed by atoms with Crippen molar-refractivity contribution in [3.63, 3.8) is 0 Å². The molecule has 1 unspecified atom stereocenters. The predicted molar refractivity (Wildman–Crippen MR) is 115 cm³/mol. The van der Waals surface area contributed by atoms with Gasteiger partial charge in [-0.05, 0) is 48.1 Å². The van der Waals surface area contributed by atoms with Crippen LogP contribution in [0.3, 0.4) is 0 Å². The van der Waals surface area contributed by atoms with Gasteiger partial charge < -0.3 is 5.32 Å². The van der Waals surface area contributed by atoms with Crippen LogP contribution in [0.1, 0.15) is 43.9 Å². The van der Waals surface area contributed by atoms with Gasteiger partial charge in [0.15, 0.2) is 0 Å². The first kappa shape index (κ1) is 22.0. The van der Waals surface area contributed by atoms with Crippen molar-refractivity contribution in [2.45, 2.75) is 52.6 Å². The van der Waals surface area contributed by atoms with Crippen LogP contribution in [0.4, 0.5) is 5.69 Å². The minimum absolute atomic E-state index is 0.291. The van der Waals surface area contributed by atoms with Crippen LogP contribution in [0.2, 0.25) is 0 Å². The number of hydrogen-bond donors (Lipinski definition) is 1. The molecule has 2 aromatic carbocycles. The standard InChI is InChI=1S/C22H30N2O3S/c1-5-17-13-14-18(6-2)19(15-17)16-23-22(25)21(7-3)24(28(4,26)27)20-11-9-8-10-12-20/h8-15,21H,5-7,16H2,1-4H3,(H,23,25). The number of aryl methyl sites for hydroxylation is 2. The Bertz CT molecular complexity index is 895. The summed E-state index contributed by atoms with van der Waals surface area (Å²) in [5.41, 5.74) is 3.98. The minimum Gasteiger partial charge on any atom is -0.350 e. The molecule has 152 valence electrons. The third-order valence-electron chi connectivity index (χ3n) is 4.85. The zero-order valence-corrected chi connectivity index (χ0v) is 17.9. The van der Waals surface area contributed by atoms with E-state index in [1.54, 1.807) is 24.3 Å². The molecule has 0 fully saturated rings. The molecule has 5 nitrogen and oxygen atoms in total. The number of hydrogen-bond acceptors (Lipinski definition) is 3. The van der Waals surface area contributed by atoms with Crippen molar-refractivity contribution in [2.24, 2.45) is 0 Å². The highest BCUT2D eigenvalue weighted by Gasteiger charge is 2.31. The van der Waals surface area contributed by atoms with Crippen molar-refractivity contribution < 1.29 is 13.2 Å². The number of anilines is 1. The van der Waals surface area contributed by atoms with Gasteiger partial charge in [-0.1, -0.05) is 57.2 Å². The van der Waals surface area contributed by atoms with Crippen LogP contribution in [0.15, 0.2) is 48.5 Å². The van der Waals surface area contributed by atoms with Gasteiger partial charge in [-0.3, -0.25) is 9.10 Å². The summed E-state index contributed by atoms with van der Waals surface area (Å²) < 4.78 is 26.1. The number of benzene rings is 2. The Morgan fingerprint density at radius 2 is 1.68 bits per heavy atom. The van der Waals surface area contributed by atoms with Gasteiger partial charge in [-0.15, -0.1) is 0 Å². The van der Waals surface area contributed by atoms with E-state index in [1.165, 1.54) is 15.4 Å². The number of amides is 1. The number of nitrogens with zero attached hydrogens (tertiary/aromatic N) is 1. The van der Waals surface area contributed by atoms with E-state index in [-0.39, 0.29) is 5.91 Å². The Balaban J connectivity index is 2.25. The smallest absolute Gasteiger partial charge is 0.244 e. The molecule has 2 rings (SSSR count). The summed E-state index contributed by atoms with van der Waals surface area (Å²) in [6, 6.07) is 14.3. The maximum atomic E-state index is 12.9. The van der Waals surface area contributed by atoms with Gasteiger partial charge >= 0.3 is 0 Å². The van der Waals surface area contributed by atoms with Gasteiger partial charge in [0.2, 0.25) is 15.9 Å². The molecule has 0 spiro atoms. The SMILES string of the molecule is CCc1ccc(CC)c(CNC(=O)C(CC)N(c2ccccc2)S(C)(=O)=O)c1. The quantitative estimate of drug-likeness (QED) is 0.696. The molecular weight excluding hydrogens is 372 g/mol. The lowest BCUT2D eigenvalue weighted by molar-refractivity contribution is -0.122. The van der Waals surface area contributed by atoms with Crippen LogP contribution in [0.25, 0.3) is 0 Å². The molecule has 0 heterocycles. The third-order valence-corrected chi connectivity index (χ3v) is 6.03. The summed E-state index contributed by atoms with van der Waals surface area (Å²) >= 11 is 0. The van der Waals surface area contributed by atoms with Crippen molar-refractivity contribution in [1.29, 1.82) is 0 Å². The number of rotatable bonds is 9. The Morgan fingerprint density at radius 3 is 2.21 bits per heavy atom. The van der Waals surface area contributed by atoms with Crippen LogP contribution < -0.4 is 9.62 Å². The van der Waals surface area contributed by atoms with E-state index in [1.807, 2.05) is 13.0 Å². The number of carbonyl (C=O) groups excluding carboxylic acids is 1. The largest absolute Gasteiger partial charge is 0.350 e. The van der Waals surface area contributed by atoms with Crippen molar-refractivity contribution in [1.82, 2.24) is 5.32 Å². The molecule has 0 aliphatic heterocycles. The number of para-hydroxylation sites is 1. The molecule has 0 bridgehead atoms. The summed E-state index contributed by atoms with van der Waals surface area (Å²) in [6.45, 7) is 6.39. The highest BCUT2D eigenvalue weighted by molar-refractivity contribution is 7.92. The van der Waals surface area contributed by atoms with Crippen LogP contribution in [-0.2, 0) is 34.2 Å². The molecule has 0 saturated carbocycles. The van der Waals surface area contributed by atoms with Crippen molar-refractivity contribution in [3.8, 4) is 0 Å². The van der Waals surface area contributed by atoms with Crippen molar-refractivity contribution >= 4 is 21.6 Å². The average molecular weight is 403 g/mol. The molecule has 1 amide bonds. The summed E-state index contributed by atoms with van der Waals surface area (Å²) in [5, 5.41) is 2.95. The molecule has 0 saturated heterocycles. The van der Waals surface area contributed by atoms with Gasteiger partial charge in [0.1, 0.15) is 6.04 Å². The fraction of sp³-hybridized carbons (Fsp3) is 0.409. The summed E-state index contributed by atoms with van der Waals surface area (Å²) in [4.78, 5) is 12.9. The third kappa shape index (κ3) is 5.35. The fourth-order valence-corrected chi connectivity index (χ4v) is 4.56. The second-order valence-electron chi connectivity index (χ2n) is 6.85. The number of carbonyl (C=O) groups is 1. The first-order chi connectivity index (χ1) is 13.3. The second kappa shape index (κ2) is 9.73. The number of nitrogens with one attached hydrogen (secondary N) is 1. The second-order valence-corrected chi connectivity index (χ2v) is 8.71. The Labute approximate surface area is 168 Å². The van der Waals surface area contributed by atoms with Crippen molar-refractivity contribution in [3.05, 3.63) is 65.2 Å². The van der Waals surface area contributed by atoms with E-state index < -0.39 is 16.1 Å². The van der Waals surface area contributed by atoms with E-state index in [4.69, 9.17) is 0 Å². The van der Waals surface area contributed by atoms with Gasteiger partial charge in [-0.2, -0.15) is 0 Å². The molecule has 1 atom stereocenters. The molecule has 1 N–H and O–H groups in total. The Hall–Kier alpha value is -2.34. The maximum absolute atomic E-state index is 12.9. The number of sulfonamides is 1. The van der Waals surface area contributed by atoms with Crippen LogP contribution in [0.5, 0.6) is 0 Å². The average Bonchev–Trinajstić information content (AvgIpc) is 2.69. The molecule has 0 aromatic heterocycles. The van der Waals surface area contributed by atoms with E-state index in [0.29, 0.717) is 18.7 Å². The molecule has 28 heavy (non-hydrogen) atoms. The lowest BCUT2D eigenvalue weighted by Gasteiger charge is -2.30. The first-order valence-electron chi connectivity index (χ1n) is 9.74. The molecule has 0 aliphatic rings. The molecule has 0 aliphatic carbocycles. The van der Waals surface area contributed by atoms with Crippen LogP contribution in [0, 0.1) is 0 Å². The topological polar surface area (TPSA) is 66.5 Å². The summed E-state index contributed by atoms with van der Waals surface area (Å²) in [5.74, 6) is -0.291. The molecule has 0 radical (unpaired) electrons. The first-order valence-corrected chi connectivity index (χ1v) is 11.6. The monoisotopic (exact) mass is 402 g/mol. The van der Waals surface area contributed by atoms with E-state index in [2.05, 4.69) is 37.4 Å². The lowest BCUT2D eigenvalue weighted by atomic mass is 10.0. The van der Waals surface area contributed by atoms with Gasteiger partial charge in [0.25, 0.3) is 0 Å². The molecule has 2 aromatic rings. The van der Waals surface area contributed by atoms with Gasteiger partial charge in [0, 0.05) is 6.54 Å². The van der Waals surface area contributed by atoms with Gasteiger partial charge in [-0.25, -0.2) is 8.42 Å². The summed E-state index contributed by atoms with van der Waals surface area (Å²) in [6.07, 6.45) is 3.32. The summed E-state index contributed by atoms with van der Waals surface area (Å²) in [7, 11) is -3.61. The molecular formula is C22H30N2O3S. The van der Waals surface area contributed by atoms with Gasteiger partial charge in [0.05, 0.1) is 11.9 Å². The maximum Gasteiger partial charge on any atom is 0.244 e. The van der Waals surface area contributed by atoms with E-state index >= 15 is 0 Å². The lowest BCUT2D eigenvalue weighted by Crippen LogP contribution is -2.49. The van der Waals surface area contributed by atoms with Crippen LogP contribution >= 0.6 is 0 Å². The van der Waals surface area contributed by atoms with E-state index in [9.17, 15) is 13.2 Å². The zero-order valence-electron chi connectivity index (χ0n) is 17.1.